The SMILES string of the molecule is Cc1c(C)n(Cc2ccc(-c3ccccc3C(=O)OC(C)(C)C)cc2)c2ccc(C(=O)NC(C)c3cccc(C4CC4)n3)cc12. The Balaban J connectivity index is 1.20. The quantitative estimate of drug-likeness (QED) is 0.181. The Bertz CT molecular complexity index is 1890. The highest BCUT2D eigenvalue weighted by molar-refractivity contribution is 5.99. The topological polar surface area (TPSA) is 73.2 Å². The van der Waals surface area contributed by atoms with Gasteiger partial charge < -0.3 is 14.6 Å². The molecular weight excluding hydrogens is 558 g/mol. The number of aromatic nitrogens is 2. The number of esters is 1. The second kappa shape index (κ2) is 12.0. The second-order valence-electron chi connectivity index (χ2n) is 13.2. The van der Waals surface area contributed by atoms with Gasteiger partial charge in [0.05, 0.1) is 17.3 Å². The molecule has 2 aromatic heterocycles. The minimum absolute atomic E-state index is 0.102. The zero-order valence-electron chi connectivity index (χ0n) is 27.0. The van der Waals surface area contributed by atoms with E-state index in [1.54, 1.807) is 0 Å². The van der Waals surface area contributed by atoms with E-state index < -0.39 is 5.60 Å². The number of benzene rings is 3. The Kier molecular flexibility index (Phi) is 8.08. The highest BCUT2D eigenvalue weighted by Crippen LogP contribution is 2.39. The smallest absolute Gasteiger partial charge is 0.339 e. The van der Waals surface area contributed by atoms with Crippen LogP contribution in [-0.2, 0) is 11.3 Å². The molecule has 0 aliphatic heterocycles. The number of hydrogen-bond acceptors (Lipinski definition) is 4. The van der Waals surface area contributed by atoms with Gasteiger partial charge in [0.1, 0.15) is 5.60 Å². The zero-order valence-corrected chi connectivity index (χ0v) is 27.0. The van der Waals surface area contributed by atoms with Crippen molar-refractivity contribution < 1.29 is 14.3 Å². The molecule has 0 bridgehead atoms. The molecule has 1 fully saturated rings. The molecule has 230 valence electrons. The lowest BCUT2D eigenvalue weighted by Crippen LogP contribution is -2.27. The number of nitrogens with zero attached hydrogens (tertiary/aromatic N) is 2. The lowest BCUT2D eigenvalue weighted by molar-refractivity contribution is 0.00703. The maximum absolute atomic E-state index is 13.3. The minimum atomic E-state index is -0.564. The van der Waals surface area contributed by atoms with Gasteiger partial charge in [-0.2, -0.15) is 0 Å². The second-order valence-corrected chi connectivity index (χ2v) is 13.2. The fourth-order valence-electron chi connectivity index (χ4n) is 5.88. The first-order valence-electron chi connectivity index (χ1n) is 15.8. The van der Waals surface area contributed by atoms with Crippen molar-refractivity contribution in [3.05, 3.63) is 124 Å². The van der Waals surface area contributed by atoms with E-state index in [0.717, 1.165) is 50.2 Å². The Hall–Kier alpha value is -4.71. The van der Waals surface area contributed by atoms with Crippen LogP contribution in [0.5, 0.6) is 0 Å². The van der Waals surface area contributed by atoms with Crippen molar-refractivity contribution in [1.29, 1.82) is 0 Å². The molecule has 1 aliphatic rings. The number of nitrogens with one attached hydrogen (secondary N) is 1. The average Bonchev–Trinajstić information content (AvgIpc) is 3.85. The van der Waals surface area contributed by atoms with E-state index in [4.69, 9.17) is 9.72 Å². The van der Waals surface area contributed by atoms with Crippen LogP contribution >= 0.6 is 0 Å². The minimum Gasteiger partial charge on any atom is -0.456 e. The number of aryl methyl sites for hydroxylation is 1. The number of rotatable bonds is 8. The molecule has 6 heteroatoms. The Labute approximate surface area is 265 Å². The first-order valence-corrected chi connectivity index (χ1v) is 15.8. The number of ether oxygens (including phenoxy) is 1. The Morgan fingerprint density at radius 1 is 0.956 bits per heavy atom. The van der Waals surface area contributed by atoms with Gasteiger partial charge in [-0.3, -0.25) is 9.78 Å². The van der Waals surface area contributed by atoms with Gasteiger partial charge in [-0.1, -0.05) is 48.5 Å². The molecule has 0 radical (unpaired) electrons. The van der Waals surface area contributed by atoms with Crippen LogP contribution in [0.2, 0.25) is 0 Å². The summed E-state index contributed by atoms with van der Waals surface area (Å²) < 4.78 is 7.95. The summed E-state index contributed by atoms with van der Waals surface area (Å²) in [6, 6.07) is 27.8. The van der Waals surface area contributed by atoms with Crippen LogP contribution in [0.15, 0.2) is 84.9 Å². The maximum Gasteiger partial charge on any atom is 0.339 e. The normalized spacial score (nSPS) is 13.9. The molecule has 1 atom stereocenters. The van der Waals surface area contributed by atoms with E-state index in [1.165, 1.54) is 12.8 Å². The third kappa shape index (κ3) is 6.56. The first kappa shape index (κ1) is 30.3. The summed E-state index contributed by atoms with van der Waals surface area (Å²) in [4.78, 5) is 31.0. The van der Waals surface area contributed by atoms with Gasteiger partial charge in [0.25, 0.3) is 5.91 Å². The largest absolute Gasteiger partial charge is 0.456 e. The molecule has 2 heterocycles. The molecule has 1 amide bonds. The van der Waals surface area contributed by atoms with Crippen molar-refractivity contribution >= 4 is 22.8 Å². The van der Waals surface area contributed by atoms with Gasteiger partial charge >= 0.3 is 5.97 Å². The molecule has 1 unspecified atom stereocenters. The highest BCUT2D eigenvalue weighted by atomic mass is 16.6. The molecule has 0 saturated heterocycles. The summed E-state index contributed by atoms with van der Waals surface area (Å²) in [6.07, 6.45) is 2.40. The molecular formula is C39H41N3O3. The number of carbonyl (C=O) groups is 2. The fourth-order valence-corrected chi connectivity index (χ4v) is 5.88. The van der Waals surface area contributed by atoms with E-state index >= 15 is 0 Å². The predicted octanol–water partition coefficient (Wildman–Crippen LogP) is 8.69. The summed E-state index contributed by atoms with van der Waals surface area (Å²) >= 11 is 0. The van der Waals surface area contributed by atoms with E-state index in [1.807, 2.05) is 82.3 Å². The lowest BCUT2D eigenvalue weighted by Gasteiger charge is -2.20. The van der Waals surface area contributed by atoms with Gasteiger partial charge in [0.2, 0.25) is 0 Å². The van der Waals surface area contributed by atoms with Crippen molar-refractivity contribution in [2.24, 2.45) is 0 Å². The van der Waals surface area contributed by atoms with Crippen LogP contribution < -0.4 is 5.32 Å². The lowest BCUT2D eigenvalue weighted by atomic mass is 9.98. The summed E-state index contributed by atoms with van der Waals surface area (Å²) in [5.41, 5.74) is 9.03. The molecule has 1 N–H and O–H groups in total. The third-order valence-corrected chi connectivity index (χ3v) is 8.63. The monoisotopic (exact) mass is 599 g/mol. The molecule has 45 heavy (non-hydrogen) atoms. The van der Waals surface area contributed by atoms with Crippen LogP contribution in [0.3, 0.4) is 0 Å². The van der Waals surface area contributed by atoms with Crippen LogP contribution in [0, 0.1) is 13.8 Å². The number of fused-ring (bicyclic) bond motifs is 1. The van der Waals surface area contributed by atoms with Crippen LogP contribution in [0.1, 0.15) is 101 Å². The van der Waals surface area contributed by atoms with Crippen LogP contribution in [0.4, 0.5) is 0 Å². The molecule has 1 saturated carbocycles. The van der Waals surface area contributed by atoms with Crippen LogP contribution in [0.25, 0.3) is 22.0 Å². The van der Waals surface area contributed by atoms with Gasteiger partial charge in [0, 0.05) is 40.3 Å². The maximum atomic E-state index is 13.3. The Morgan fingerprint density at radius 3 is 2.40 bits per heavy atom. The van der Waals surface area contributed by atoms with Crippen molar-refractivity contribution in [2.45, 2.75) is 78.5 Å². The van der Waals surface area contributed by atoms with E-state index in [-0.39, 0.29) is 17.9 Å². The first-order chi connectivity index (χ1) is 21.5. The van der Waals surface area contributed by atoms with Gasteiger partial charge in [-0.15, -0.1) is 0 Å². The standard InChI is InChI=1S/C39H41N3O3/c1-24-26(3)42(23-27-14-16-28(17-15-27)31-10-7-8-11-32(31)38(44)45-39(4,5)6)36-21-20-30(22-33(24)36)37(43)40-25(2)34-12-9-13-35(41-34)29-18-19-29/h7-17,20-22,25,29H,18-19,23H2,1-6H3,(H,40,43). The van der Waals surface area contributed by atoms with Gasteiger partial charge in [-0.05, 0) is 113 Å². The average molecular weight is 600 g/mol. The molecule has 1 aliphatic carbocycles. The van der Waals surface area contributed by atoms with E-state index in [0.29, 0.717) is 23.6 Å². The summed E-state index contributed by atoms with van der Waals surface area (Å²) in [5, 5.41) is 4.22. The third-order valence-electron chi connectivity index (χ3n) is 8.63. The van der Waals surface area contributed by atoms with Gasteiger partial charge in [0.15, 0.2) is 0 Å². The molecule has 0 spiro atoms. The number of amides is 1. The number of carbonyl (C=O) groups excluding carboxylic acids is 2. The van der Waals surface area contributed by atoms with Crippen LogP contribution in [-0.4, -0.2) is 27.0 Å². The number of pyridine rings is 1. The highest BCUT2D eigenvalue weighted by Gasteiger charge is 2.26. The molecule has 6 nitrogen and oxygen atoms in total. The van der Waals surface area contributed by atoms with E-state index in [2.05, 4.69) is 54.1 Å². The number of hydrogen-bond donors (Lipinski definition) is 1. The predicted molar refractivity (Wildman–Crippen MR) is 180 cm³/mol. The zero-order chi connectivity index (χ0) is 31.9. The van der Waals surface area contributed by atoms with Crippen molar-refractivity contribution in [3.8, 4) is 11.1 Å². The fraction of sp³-hybridized carbons (Fsp3) is 0.308. The van der Waals surface area contributed by atoms with E-state index in [9.17, 15) is 9.59 Å². The van der Waals surface area contributed by atoms with Crippen molar-refractivity contribution in [1.82, 2.24) is 14.9 Å². The molecule has 5 aromatic rings. The summed E-state index contributed by atoms with van der Waals surface area (Å²) in [6.45, 7) is 12.5. The molecule has 6 rings (SSSR count). The molecule has 3 aromatic carbocycles. The van der Waals surface area contributed by atoms with Crippen molar-refractivity contribution in [2.75, 3.05) is 0 Å². The summed E-state index contributed by atoms with van der Waals surface area (Å²) in [7, 11) is 0. The van der Waals surface area contributed by atoms with Crippen molar-refractivity contribution in [3.63, 3.8) is 0 Å². The summed E-state index contributed by atoms with van der Waals surface area (Å²) in [5.74, 6) is 0.147. The van der Waals surface area contributed by atoms with Gasteiger partial charge in [-0.25, -0.2) is 4.79 Å². The Morgan fingerprint density at radius 2 is 1.69 bits per heavy atom.